The third-order valence-corrected chi connectivity index (χ3v) is 2.72. The first-order valence-electron chi connectivity index (χ1n) is 5.86. The van der Waals surface area contributed by atoms with E-state index in [2.05, 4.69) is 0 Å². The highest BCUT2D eigenvalue weighted by atomic mass is 16.4. The van der Waals surface area contributed by atoms with E-state index in [-0.39, 0.29) is 12.3 Å². The van der Waals surface area contributed by atoms with Gasteiger partial charge in [-0.05, 0) is 32.2 Å². The molecule has 5 heteroatoms. The van der Waals surface area contributed by atoms with E-state index in [4.69, 9.17) is 10.8 Å². The highest BCUT2D eigenvalue weighted by molar-refractivity contribution is 5.77. The Hall–Kier alpha value is -1.10. The maximum absolute atomic E-state index is 11.8. The van der Waals surface area contributed by atoms with Gasteiger partial charge in [0.1, 0.15) is 0 Å². The van der Waals surface area contributed by atoms with Crippen LogP contribution in [0.3, 0.4) is 0 Å². The number of carbonyl (C=O) groups is 2. The summed E-state index contributed by atoms with van der Waals surface area (Å²) in [5.41, 5.74) is 5.36. The molecule has 0 atom stereocenters. The fraction of sp³-hybridized carbons (Fsp3) is 0.818. The summed E-state index contributed by atoms with van der Waals surface area (Å²) in [6, 6.07) is 0.296. The van der Waals surface area contributed by atoms with Crippen LogP contribution in [0.1, 0.15) is 38.5 Å². The van der Waals surface area contributed by atoms with Crippen LogP contribution in [0.2, 0.25) is 0 Å². The Morgan fingerprint density at radius 2 is 1.94 bits per heavy atom. The van der Waals surface area contributed by atoms with Gasteiger partial charge in [0.2, 0.25) is 5.91 Å². The van der Waals surface area contributed by atoms with Gasteiger partial charge in [-0.2, -0.15) is 0 Å². The zero-order valence-electron chi connectivity index (χ0n) is 9.52. The minimum absolute atomic E-state index is 0.0408. The number of aliphatic carboxylic acids is 1. The Labute approximate surface area is 95.6 Å². The predicted molar refractivity (Wildman–Crippen MR) is 59.9 cm³/mol. The van der Waals surface area contributed by atoms with Crippen LogP contribution >= 0.6 is 0 Å². The van der Waals surface area contributed by atoms with Crippen LogP contribution in [-0.4, -0.2) is 41.0 Å². The molecule has 0 bridgehead atoms. The third kappa shape index (κ3) is 4.61. The second-order valence-electron chi connectivity index (χ2n) is 4.21. The van der Waals surface area contributed by atoms with Crippen molar-refractivity contribution in [1.29, 1.82) is 0 Å². The van der Waals surface area contributed by atoms with Gasteiger partial charge in [-0.3, -0.25) is 9.59 Å². The molecule has 1 saturated carbocycles. The fourth-order valence-electron chi connectivity index (χ4n) is 1.68. The van der Waals surface area contributed by atoms with E-state index in [0.717, 1.165) is 25.7 Å². The summed E-state index contributed by atoms with van der Waals surface area (Å²) >= 11 is 0. The van der Waals surface area contributed by atoms with E-state index < -0.39 is 5.97 Å². The highest BCUT2D eigenvalue weighted by Gasteiger charge is 2.32. The lowest BCUT2D eigenvalue weighted by atomic mass is 10.2. The van der Waals surface area contributed by atoms with E-state index in [0.29, 0.717) is 25.6 Å². The first kappa shape index (κ1) is 13.0. The highest BCUT2D eigenvalue weighted by Crippen LogP contribution is 2.27. The van der Waals surface area contributed by atoms with Gasteiger partial charge in [-0.15, -0.1) is 0 Å². The third-order valence-electron chi connectivity index (χ3n) is 2.72. The summed E-state index contributed by atoms with van der Waals surface area (Å²) in [6.45, 7) is 0.952. The van der Waals surface area contributed by atoms with Gasteiger partial charge in [-0.25, -0.2) is 0 Å². The fourth-order valence-corrected chi connectivity index (χ4v) is 1.68. The molecule has 0 heterocycles. The van der Waals surface area contributed by atoms with Crippen LogP contribution in [0.25, 0.3) is 0 Å². The zero-order chi connectivity index (χ0) is 12.0. The molecule has 0 unspecified atom stereocenters. The topological polar surface area (TPSA) is 83.6 Å². The number of rotatable bonds is 8. The predicted octanol–water partition coefficient (Wildman–Crippen LogP) is 0.581. The second-order valence-corrected chi connectivity index (χ2v) is 4.21. The number of carboxylic acid groups (broad SMARTS) is 1. The molecule has 1 fully saturated rings. The number of hydrogen-bond donors (Lipinski definition) is 2. The van der Waals surface area contributed by atoms with E-state index >= 15 is 0 Å². The van der Waals surface area contributed by atoms with Gasteiger partial charge in [0, 0.05) is 19.0 Å². The van der Waals surface area contributed by atoms with Crippen molar-refractivity contribution in [3.05, 3.63) is 0 Å². The molecular formula is C11H20N2O3. The summed E-state index contributed by atoms with van der Waals surface area (Å²) < 4.78 is 0. The van der Waals surface area contributed by atoms with E-state index in [1.165, 1.54) is 0 Å². The Morgan fingerprint density at radius 3 is 2.44 bits per heavy atom. The van der Waals surface area contributed by atoms with Crippen LogP contribution in [-0.2, 0) is 9.59 Å². The molecule has 0 aromatic rings. The molecule has 3 N–H and O–H groups in total. The standard InChI is InChI=1S/C11H20N2O3/c12-7-2-1-3-10(14)13(9-4-5-9)8-6-11(15)16/h9H,1-8,12H2,(H,15,16). The van der Waals surface area contributed by atoms with Crippen LogP contribution in [0, 0.1) is 0 Å². The summed E-state index contributed by atoms with van der Waals surface area (Å²) in [6.07, 6.45) is 4.21. The summed E-state index contributed by atoms with van der Waals surface area (Å²) in [4.78, 5) is 24.0. The van der Waals surface area contributed by atoms with Crippen molar-refractivity contribution in [2.75, 3.05) is 13.1 Å². The largest absolute Gasteiger partial charge is 0.481 e. The normalized spacial score (nSPS) is 14.8. The molecule has 0 radical (unpaired) electrons. The van der Waals surface area contributed by atoms with Crippen LogP contribution < -0.4 is 5.73 Å². The minimum Gasteiger partial charge on any atom is -0.481 e. The van der Waals surface area contributed by atoms with E-state index in [1.54, 1.807) is 4.90 Å². The number of amides is 1. The summed E-state index contributed by atoms with van der Waals surface area (Å²) in [7, 11) is 0. The van der Waals surface area contributed by atoms with E-state index in [1.807, 2.05) is 0 Å². The molecule has 5 nitrogen and oxygen atoms in total. The van der Waals surface area contributed by atoms with Gasteiger partial charge in [-0.1, -0.05) is 0 Å². The van der Waals surface area contributed by atoms with Gasteiger partial charge >= 0.3 is 5.97 Å². The SMILES string of the molecule is NCCCCC(=O)N(CCC(=O)O)C1CC1. The number of carboxylic acids is 1. The molecular weight excluding hydrogens is 208 g/mol. The smallest absolute Gasteiger partial charge is 0.305 e. The molecule has 16 heavy (non-hydrogen) atoms. The van der Waals surface area contributed by atoms with E-state index in [9.17, 15) is 9.59 Å². The molecule has 92 valence electrons. The number of unbranched alkanes of at least 4 members (excludes halogenated alkanes) is 1. The zero-order valence-corrected chi connectivity index (χ0v) is 9.52. The number of nitrogens with zero attached hydrogens (tertiary/aromatic N) is 1. The molecule has 0 aromatic carbocycles. The first-order chi connectivity index (χ1) is 7.65. The quantitative estimate of drug-likeness (QED) is 0.595. The molecule has 0 aromatic heterocycles. The van der Waals surface area contributed by atoms with Crippen LogP contribution in [0.15, 0.2) is 0 Å². The average molecular weight is 228 g/mol. The van der Waals surface area contributed by atoms with Crippen LogP contribution in [0.5, 0.6) is 0 Å². The molecule has 1 amide bonds. The van der Waals surface area contributed by atoms with Crippen molar-refractivity contribution in [2.45, 2.75) is 44.6 Å². The van der Waals surface area contributed by atoms with Crippen molar-refractivity contribution in [3.8, 4) is 0 Å². The van der Waals surface area contributed by atoms with Crippen molar-refractivity contribution < 1.29 is 14.7 Å². The second kappa shape index (κ2) is 6.48. The minimum atomic E-state index is -0.847. The Bertz CT molecular complexity index is 252. The molecule has 0 spiro atoms. The maximum atomic E-state index is 11.8. The van der Waals surface area contributed by atoms with Gasteiger partial charge < -0.3 is 15.7 Å². The monoisotopic (exact) mass is 228 g/mol. The summed E-state index contributed by atoms with van der Waals surface area (Å²) in [5, 5.41) is 8.61. The number of nitrogens with two attached hydrogens (primary N) is 1. The molecule has 0 saturated heterocycles. The van der Waals surface area contributed by atoms with Crippen molar-refractivity contribution >= 4 is 11.9 Å². The van der Waals surface area contributed by atoms with Gasteiger partial charge in [0.15, 0.2) is 0 Å². The molecule has 0 aliphatic heterocycles. The Balaban J connectivity index is 2.30. The Morgan fingerprint density at radius 1 is 1.25 bits per heavy atom. The molecule has 1 aliphatic carbocycles. The number of hydrogen-bond acceptors (Lipinski definition) is 3. The first-order valence-corrected chi connectivity index (χ1v) is 5.86. The van der Waals surface area contributed by atoms with Crippen molar-refractivity contribution in [1.82, 2.24) is 4.90 Å². The maximum Gasteiger partial charge on any atom is 0.305 e. The van der Waals surface area contributed by atoms with Crippen molar-refractivity contribution in [2.24, 2.45) is 5.73 Å². The van der Waals surface area contributed by atoms with Crippen LogP contribution in [0.4, 0.5) is 0 Å². The van der Waals surface area contributed by atoms with Gasteiger partial charge in [0.25, 0.3) is 0 Å². The average Bonchev–Trinajstić information content (AvgIpc) is 3.02. The Kier molecular flexibility index (Phi) is 5.25. The lowest BCUT2D eigenvalue weighted by Crippen LogP contribution is -2.34. The van der Waals surface area contributed by atoms with Crippen molar-refractivity contribution in [3.63, 3.8) is 0 Å². The molecule has 1 rings (SSSR count). The lowest BCUT2D eigenvalue weighted by molar-refractivity contribution is -0.138. The number of carbonyl (C=O) groups excluding carboxylic acids is 1. The lowest BCUT2D eigenvalue weighted by Gasteiger charge is -2.21. The van der Waals surface area contributed by atoms with Gasteiger partial charge in [0.05, 0.1) is 6.42 Å². The summed E-state index contributed by atoms with van der Waals surface area (Å²) in [5.74, 6) is -0.766. The molecule has 1 aliphatic rings.